The van der Waals surface area contributed by atoms with E-state index in [0.717, 1.165) is 0 Å². The second-order valence-corrected chi connectivity index (χ2v) is 6.57. The molecular formula is C15H12N26O3. The fourth-order valence-corrected chi connectivity index (χ4v) is 2.88. The molecule has 1 aliphatic heterocycles. The first-order valence-electron chi connectivity index (χ1n) is 11.2. The van der Waals surface area contributed by atoms with Crippen LogP contribution in [0.1, 0.15) is 16.2 Å². The van der Waals surface area contributed by atoms with Gasteiger partial charge in [-0.2, -0.15) is 5.52 Å². The van der Waals surface area contributed by atoms with Gasteiger partial charge in [-0.25, -0.2) is 9.97 Å². The fourth-order valence-electron chi connectivity index (χ4n) is 2.88. The highest BCUT2D eigenvalue weighted by molar-refractivity contribution is 6.13. The molecule has 0 radical (unpaired) electrons. The first kappa shape index (κ1) is 29.4. The van der Waals surface area contributed by atoms with Crippen molar-refractivity contribution in [3.63, 3.8) is 0 Å². The zero-order valence-electron chi connectivity index (χ0n) is 22.4. The van der Waals surface area contributed by atoms with Crippen molar-refractivity contribution in [2.45, 2.75) is 0 Å². The smallest absolute Gasteiger partial charge is 0.267 e. The van der Waals surface area contributed by atoms with Crippen LogP contribution in [0.2, 0.25) is 1.41 Å². The van der Waals surface area contributed by atoms with Crippen LogP contribution in [0.25, 0.3) is 16.7 Å². The Morgan fingerprint density at radius 2 is 1.34 bits per heavy atom. The van der Waals surface area contributed by atoms with Crippen molar-refractivity contribution in [2.24, 2.45) is 116 Å². The lowest BCUT2D eigenvalue weighted by atomic mass is 10.1. The molecule has 0 amide bonds. The maximum absolute atomic E-state index is 12.6. The van der Waals surface area contributed by atoms with E-state index in [9.17, 15) is 9.59 Å². The summed E-state index contributed by atoms with van der Waals surface area (Å²) >= 11 is 0. The minimum atomic E-state index is -0.298. The summed E-state index contributed by atoms with van der Waals surface area (Å²) in [5.41, 5.74) is 3.42. The van der Waals surface area contributed by atoms with Crippen molar-refractivity contribution in [1.29, 1.82) is 5.52 Å². The molecule has 3 aromatic rings. The molecule has 44 heavy (non-hydrogen) atoms. The third kappa shape index (κ3) is 8.69. The molecule has 0 saturated carbocycles. The van der Waals surface area contributed by atoms with Crippen molar-refractivity contribution < 1.29 is 10.9 Å². The van der Waals surface area contributed by atoms with Gasteiger partial charge in [-0.3, -0.25) is 14.2 Å². The summed E-state index contributed by atoms with van der Waals surface area (Å²) in [7, 11) is 1.52. The van der Waals surface area contributed by atoms with Crippen molar-refractivity contribution >= 4 is 16.8 Å². The average molecular weight is 605 g/mol. The molecule has 0 spiro atoms. The van der Waals surface area contributed by atoms with Gasteiger partial charge in [0, 0.05) is 32.3 Å². The molecule has 0 bridgehead atoms. The van der Waals surface area contributed by atoms with Crippen LogP contribution in [0.5, 0.6) is 5.75 Å². The van der Waals surface area contributed by atoms with Crippen LogP contribution < -0.4 is 16.1 Å². The third-order valence-electron chi connectivity index (χ3n) is 4.35. The molecule has 0 fully saturated rings. The number of benzene rings is 1. The molecule has 2 aromatic heterocycles. The molecule has 3 heterocycles. The predicted molar refractivity (Wildman–Crippen MR) is 133 cm³/mol. The Bertz CT molecular complexity index is 1810. The lowest BCUT2D eigenvalue weighted by Crippen LogP contribution is -2.21. The number of pyridine rings is 1. The second-order valence-electron chi connectivity index (χ2n) is 6.57. The monoisotopic (exact) mass is 605 g/mol. The topological polar surface area (TPSA) is 384 Å². The normalized spacial score (nSPS) is 14.0. The minimum Gasteiger partial charge on any atom is -0.497 e. The summed E-state index contributed by atoms with van der Waals surface area (Å²) in [6.07, 6.45) is 1.54. The Hall–Kier alpha value is -7.62. The van der Waals surface area contributed by atoms with Gasteiger partial charge in [0.15, 0.2) is 11.5 Å². The molecule has 220 valence electrons. The highest BCUT2D eigenvalue weighted by Gasteiger charge is 2.30. The van der Waals surface area contributed by atoms with Crippen LogP contribution >= 0.6 is 0 Å². The van der Waals surface area contributed by atoms with E-state index in [-0.39, 0.29) is 22.8 Å². The molecule has 0 atom stereocenters. The molecule has 1 aromatic carbocycles. The first-order chi connectivity index (χ1) is 22.1. The van der Waals surface area contributed by atoms with Crippen molar-refractivity contribution in [2.75, 3.05) is 7.11 Å². The number of carbonyl (C=O) groups excluding carboxylic acids is 1. The minimum absolute atomic E-state index is 0.0921. The van der Waals surface area contributed by atoms with Gasteiger partial charge in [0.05, 0.1) is 23.7 Å². The molecule has 29 heteroatoms. The molecule has 4 rings (SSSR count). The number of fused-ring (bicyclic) bond motifs is 4. The van der Waals surface area contributed by atoms with Gasteiger partial charge in [-0.1, -0.05) is 5.22 Å². The highest BCUT2D eigenvalue weighted by atomic mass is 16.5. The number of hydrogen-bond donors (Lipinski definition) is 2. The van der Waals surface area contributed by atoms with Crippen molar-refractivity contribution in [3.8, 4) is 11.4 Å². The summed E-state index contributed by atoms with van der Waals surface area (Å²) < 4.78 is 12.7. The van der Waals surface area contributed by atoms with E-state index in [4.69, 9.17) is 6.15 Å². The summed E-state index contributed by atoms with van der Waals surface area (Å²) in [6.45, 7) is 0. The Morgan fingerprint density at radius 1 is 0.795 bits per heavy atom. The number of hydrogen-bond acceptors (Lipinski definition) is 7. The van der Waals surface area contributed by atoms with Crippen LogP contribution in [0.15, 0.2) is 151 Å². The van der Waals surface area contributed by atoms with E-state index < -0.39 is 0 Å². The van der Waals surface area contributed by atoms with Crippen LogP contribution in [0.4, 0.5) is 0 Å². The van der Waals surface area contributed by atoms with Gasteiger partial charge in [0.1, 0.15) is 5.75 Å². The maximum atomic E-state index is 12.6. The third-order valence-corrected chi connectivity index (χ3v) is 4.35. The van der Waals surface area contributed by atoms with Crippen molar-refractivity contribution in [3.05, 3.63) is 58.3 Å². The number of nitrogens with one attached hydrogen (secondary N) is 1. The van der Waals surface area contributed by atoms with Gasteiger partial charge < -0.3 is 10.6 Å². The molecule has 0 saturated heterocycles. The largest absolute Gasteiger partial charge is 0.497 e. The fraction of sp³-hybridized carbons (Fsp3) is 0.0667. The molecular weight excluding hydrogens is 592 g/mol. The first-order valence-corrected chi connectivity index (χ1v) is 10.8. The number of aromatic nitrogens is 3. The quantitative estimate of drug-likeness (QED) is 0.136. The van der Waals surface area contributed by atoms with Gasteiger partial charge in [0.2, 0.25) is 7.20 Å². The molecule has 0 unspecified atom stereocenters. The summed E-state index contributed by atoms with van der Waals surface area (Å²) in [6, 6.07) is 8.33. The molecule has 0 aliphatic carbocycles. The highest BCUT2D eigenvalue weighted by Crippen LogP contribution is 2.29. The number of carbonyl (C=O) groups is 1. The lowest BCUT2D eigenvalue weighted by molar-refractivity contribution is 0.103. The van der Waals surface area contributed by atoms with Gasteiger partial charge in [-0.15, -0.1) is 0 Å². The molecule has 3 N–H and O–H groups in total. The van der Waals surface area contributed by atoms with Crippen LogP contribution in [-0.2, 0) is 0 Å². The zero-order valence-corrected chi connectivity index (χ0v) is 21.4. The van der Waals surface area contributed by atoms with E-state index in [1.54, 1.807) is 36.5 Å². The van der Waals surface area contributed by atoms with Crippen LogP contribution in [-0.4, -0.2) is 27.4 Å². The Labute approximate surface area is 240 Å². The van der Waals surface area contributed by atoms with Gasteiger partial charge in [0.25, 0.3) is 5.56 Å². The predicted octanol–water partition coefficient (Wildman–Crippen LogP) is 4.90. The number of nitrogens with two attached hydrogens (primary N) is 1. The number of ether oxygens (including phenoxy) is 1. The Kier molecular flexibility index (Phi) is 11.4. The van der Waals surface area contributed by atoms with E-state index in [1.807, 2.05) is 0 Å². The summed E-state index contributed by atoms with van der Waals surface area (Å²) in [5.74, 6) is 4.96. The van der Waals surface area contributed by atoms with E-state index >= 15 is 0 Å². The van der Waals surface area contributed by atoms with E-state index in [2.05, 4.69) is 131 Å². The van der Waals surface area contributed by atoms with Crippen LogP contribution in [0, 0.1) is 5.52 Å². The Morgan fingerprint density at radius 3 is 1.86 bits per heavy atom. The zero-order chi connectivity index (χ0) is 32.1. The van der Waals surface area contributed by atoms with Gasteiger partial charge in [-0.05, 0) is 109 Å². The number of ketones is 1. The standard InChI is InChI=1S/C15H9N3O3.H3N23/c1-21-8-4-5-11-10(7-8)12(19)14-17-13-9(3-2-6-16-13)15(20)18(11)14;1-3-5-7-9-11-13-15-17-19-21-23-22-20-18-16-14-12-10-8-6-4-2/h2-7H,1H3;(H3,1,2,5,6,9,10,13,14,17,18,21,22)/i/hD. The van der Waals surface area contributed by atoms with Crippen LogP contribution in [0.3, 0.4) is 0 Å². The maximum Gasteiger partial charge on any atom is 0.267 e. The number of methoxy groups -OCH3 is 1. The SMILES string of the molecule is COc1ccc2c(c1)C(=O)c1nc3ncccc3c(=O)n1-2.[2H]N=N/N=N/N=N/N=N/N=N/N=N/N=N/N=N/N=N/N=N/N=N/N. The number of nitrogens with zero attached hydrogens (tertiary/aromatic N) is 24. The Balaban J connectivity index is 0.000000246. The van der Waals surface area contributed by atoms with E-state index in [0.29, 0.717) is 22.4 Å². The lowest BCUT2D eigenvalue weighted by Gasteiger charge is -2.05. The van der Waals surface area contributed by atoms with Gasteiger partial charge >= 0.3 is 0 Å². The summed E-state index contributed by atoms with van der Waals surface area (Å²) in [5, 5.41) is 62.1. The van der Waals surface area contributed by atoms with E-state index in [1.165, 1.54) is 11.7 Å². The summed E-state index contributed by atoms with van der Waals surface area (Å²) in [4.78, 5) is 33.3. The second kappa shape index (κ2) is 17.2. The van der Waals surface area contributed by atoms with Crippen molar-refractivity contribution in [1.82, 2.24) is 14.5 Å². The number of rotatable bonds is 11. The average Bonchev–Trinajstić information content (AvgIpc) is 3.35. The molecule has 1 aliphatic rings. The molecule has 29 nitrogen and oxygen atoms in total.